The second-order valence-electron chi connectivity index (χ2n) is 3.47. The minimum absolute atomic E-state index is 0.733. The number of halogens is 1. The van der Waals surface area contributed by atoms with Gasteiger partial charge in [0.1, 0.15) is 17.2 Å². The van der Waals surface area contributed by atoms with Gasteiger partial charge in [-0.1, -0.05) is 0 Å². The van der Waals surface area contributed by atoms with Crippen LogP contribution in [0.4, 0.5) is 5.69 Å². The number of hydrogen-bond acceptors (Lipinski definition) is 3. The first-order chi connectivity index (χ1) is 8.19. The Kier molecular flexibility index (Phi) is 3.73. The number of hydrogen-bond donors (Lipinski definition) is 1. The molecule has 0 aliphatic rings. The number of benzene rings is 2. The summed E-state index contributed by atoms with van der Waals surface area (Å²) in [6.07, 6.45) is 0. The van der Waals surface area contributed by atoms with Crippen molar-refractivity contribution in [3.8, 4) is 17.2 Å². The van der Waals surface area contributed by atoms with Crippen LogP contribution in [0.15, 0.2) is 42.5 Å². The average molecular weight is 341 g/mol. The standard InChI is InChI=1S/C13H12INO2/c1-16-10-3-5-11(6-4-10)17-13-7-2-9(15)8-12(13)14/h2-8H,15H2,1H3. The number of ether oxygens (including phenoxy) is 2. The molecule has 2 aromatic carbocycles. The Morgan fingerprint density at radius 3 is 2.24 bits per heavy atom. The number of rotatable bonds is 3. The highest BCUT2D eigenvalue weighted by Gasteiger charge is 2.03. The Labute approximate surface area is 114 Å². The molecule has 0 aliphatic heterocycles. The van der Waals surface area contributed by atoms with Gasteiger partial charge in [0.2, 0.25) is 0 Å². The maximum absolute atomic E-state index is 5.75. The van der Waals surface area contributed by atoms with E-state index >= 15 is 0 Å². The zero-order valence-corrected chi connectivity index (χ0v) is 11.5. The highest BCUT2D eigenvalue weighted by Crippen LogP contribution is 2.29. The molecule has 2 N–H and O–H groups in total. The summed E-state index contributed by atoms with van der Waals surface area (Å²) in [7, 11) is 1.64. The van der Waals surface area contributed by atoms with Gasteiger partial charge < -0.3 is 15.2 Å². The first-order valence-corrected chi connectivity index (χ1v) is 6.14. The fourth-order valence-electron chi connectivity index (χ4n) is 1.37. The van der Waals surface area contributed by atoms with Crippen LogP contribution < -0.4 is 15.2 Å². The summed E-state index contributed by atoms with van der Waals surface area (Å²) in [5.74, 6) is 2.38. The number of nitrogens with two attached hydrogens (primary N) is 1. The summed E-state index contributed by atoms with van der Waals surface area (Å²) in [4.78, 5) is 0. The van der Waals surface area contributed by atoms with Gasteiger partial charge in [0.05, 0.1) is 10.7 Å². The van der Waals surface area contributed by atoms with Gasteiger partial charge in [-0.2, -0.15) is 0 Å². The van der Waals surface area contributed by atoms with E-state index in [1.807, 2.05) is 42.5 Å². The Morgan fingerprint density at radius 2 is 1.65 bits per heavy atom. The van der Waals surface area contributed by atoms with Crippen molar-refractivity contribution in [2.24, 2.45) is 0 Å². The van der Waals surface area contributed by atoms with Crippen molar-refractivity contribution < 1.29 is 9.47 Å². The first kappa shape index (κ1) is 12.0. The third-order valence-corrected chi connectivity index (χ3v) is 3.09. The summed E-state index contributed by atoms with van der Waals surface area (Å²) in [5, 5.41) is 0. The Morgan fingerprint density at radius 1 is 1.00 bits per heavy atom. The predicted octanol–water partition coefficient (Wildman–Crippen LogP) is 3.67. The SMILES string of the molecule is COc1ccc(Oc2ccc(N)cc2I)cc1. The molecule has 0 saturated heterocycles. The van der Waals surface area contributed by atoms with Crippen molar-refractivity contribution >= 4 is 28.3 Å². The number of nitrogen functional groups attached to an aromatic ring is 1. The van der Waals surface area contributed by atoms with Crippen LogP contribution in [0.3, 0.4) is 0 Å². The quantitative estimate of drug-likeness (QED) is 0.684. The fraction of sp³-hybridized carbons (Fsp3) is 0.0769. The summed E-state index contributed by atoms with van der Waals surface area (Å²) < 4.78 is 11.8. The molecule has 88 valence electrons. The second kappa shape index (κ2) is 5.27. The molecule has 0 unspecified atom stereocenters. The van der Waals surface area contributed by atoms with Crippen LogP contribution in [-0.2, 0) is 0 Å². The van der Waals surface area contributed by atoms with Gasteiger partial charge in [-0.15, -0.1) is 0 Å². The minimum atomic E-state index is 0.733. The number of methoxy groups -OCH3 is 1. The fourth-order valence-corrected chi connectivity index (χ4v) is 2.02. The van der Waals surface area contributed by atoms with E-state index in [4.69, 9.17) is 15.2 Å². The van der Waals surface area contributed by atoms with E-state index in [0.717, 1.165) is 26.5 Å². The molecule has 4 heteroatoms. The van der Waals surface area contributed by atoms with Crippen LogP contribution in [0, 0.1) is 3.57 Å². The molecule has 17 heavy (non-hydrogen) atoms. The lowest BCUT2D eigenvalue weighted by atomic mass is 10.3. The number of anilines is 1. The van der Waals surface area contributed by atoms with Gasteiger partial charge in [-0.3, -0.25) is 0 Å². The summed E-state index contributed by atoms with van der Waals surface area (Å²) >= 11 is 2.20. The van der Waals surface area contributed by atoms with Crippen LogP contribution >= 0.6 is 22.6 Å². The minimum Gasteiger partial charge on any atom is -0.497 e. The molecule has 0 spiro atoms. The normalized spacial score (nSPS) is 10.0. The third kappa shape index (κ3) is 3.03. The third-order valence-electron chi connectivity index (χ3n) is 2.24. The molecular weight excluding hydrogens is 329 g/mol. The van der Waals surface area contributed by atoms with Gasteiger partial charge >= 0.3 is 0 Å². The van der Waals surface area contributed by atoms with E-state index in [1.165, 1.54) is 0 Å². The van der Waals surface area contributed by atoms with Gasteiger partial charge in [0.25, 0.3) is 0 Å². The molecule has 2 aromatic rings. The Bertz CT molecular complexity index is 511. The summed E-state index contributed by atoms with van der Waals surface area (Å²) in [6, 6.07) is 13.0. The van der Waals surface area contributed by atoms with Crippen molar-refractivity contribution in [1.29, 1.82) is 0 Å². The molecule has 0 bridgehead atoms. The second-order valence-corrected chi connectivity index (χ2v) is 4.63. The zero-order valence-electron chi connectivity index (χ0n) is 9.31. The lowest BCUT2D eigenvalue weighted by molar-refractivity contribution is 0.412. The van der Waals surface area contributed by atoms with Crippen molar-refractivity contribution in [3.05, 3.63) is 46.0 Å². The molecule has 0 fully saturated rings. The van der Waals surface area contributed by atoms with Crippen molar-refractivity contribution in [2.45, 2.75) is 0 Å². The first-order valence-electron chi connectivity index (χ1n) is 5.06. The molecular formula is C13H12INO2. The van der Waals surface area contributed by atoms with Crippen molar-refractivity contribution in [1.82, 2.24) is 0 Å². The van der Waals surface area contributed by atoms with Crippen LogP contribution in [0.2, 0.25) is 0 Å². The smallest absolute Gasteiger partial charge is 0.140 e. The molecule has 0 heterocycles. The van der Waals surface area contributed by atoms with E-state index in [1.54, 1.807) is 7.11 Å². The van der Waals surface area contributed by atoms with Gasteiger partial charge in [-0.05, 0) is 65.1 Å². The molecule has 0 radical (unpaired) electrons. The molecule has 0 atom stereocenters. The van der Waals surface area contributed by atoms with Crippen molar-refractivity contribution in [2.75, 3.05) is 12.8 Å². The van der Waals surface area contributed by atoms with Gasteiger partial charge in [-0.25, -0.2) is 0 Å². The van der Waals surface area contributed by atoms with Crippen LogP contribution in [0.25, 0.3) is 0 Å². The van der Waals surface area contributed by atoms with Crippen molar-refractivity contribution in [3.63, 3.8) is 0 Å². The molecule has 0 aromatic heterocycles. The lowest BCUT2D eigenvalue weighted by Gasteiger charge is -2.08. The molecule has 0 amide bonds. The van der Waals surface area contributed by atoms with E-state index in [2.05, 4.69) is 22.6 Å². The van der Waals surface area contributed by atoms with Gasteiger partial charge in [0, 0.05) is 5.69 Å². The topological polar surface area (TPSA) is 44.5 Å². The molecule has 3 nitrogen and oxygen atoms in total. The molecule has 2 rings (SSSR count). The molecule has 0 saturated carbocycles. The van der Waals surface area contributed by atoms with Crippen LogP contribution in [0.1, 0.15) is 0 Å². The highest BCUT2D eigenvalue weighted by atomic mass is 127. The Hall–Kier alpha value is -1.43. The highest BCUT2D eigenvalue weighted by molar-refractivity contribution is 14.1. The van der Waals surface area contributed by atoms with Gasteiger partial charge in [0.15, 0.2) is 0 Å². The van der Waals surface area contributed by atoms with Crippen LogP contribution in [0.5, 0.6) is 17.2 Å². The summed E-state index contributed by atoms with van der Waals surface area (Å²) in [6.45, 7) is 0. The van der Waals surface area contributed by atoms with Crippen LogP contribution in [-0.4, -0.2) is 7.11 Å². The predicted molar refractivity (Wildman–Crippen MR) is 76.6 cm³/mol. The maximum atomic E-state index is 5.75. The summed E-state index contributed by atoms with van der Waals surface area (Å²) in [5.41, 5.74) is 6.41. The largest absolute Gasteiger partial charge is 0.497 e. The monoisotopic (exact) mass is 341 g/mol. The lowest BCUT2D eigenvalue weighted by Crippen LogP contribution is -1.90. The van der Waals surface area contributed by atoms with E-state index in [0.29, 0.717) is 0 Å². The average Bonchev–Trinajstić information content (AvgIpc) is 2.34. The Balaban J connectivity index is 2.19. The van der Waals surface area contributed by atoms with E-state index in [-0.39, 0.29) is 0 Å². The molecule has 0 aliphatic carbocycles. The van der Waals surface area contributed by atoms with E-state index in [9.17, 15) is 0 Å². The maximum Gasteiger partial charge on any atom is 0.140 e. The van der Waals surface area contributed by atoms with E-state index < -0.39 is 0 Å². The zero-order chi connectivity index (χ0) is 12.3.